The van der Waals surface area contributed by atoms with E-state index in [4.69, 9.17) is 9.47 Å². The molecule has 2 fully saturated rings. The summed E-state index contributed by atoms with van der Waals surface area (Å²) in [5, 5.41) is 0. The Kier molecular flexibility index (Phi) is 8.08. The van der Waals surface area contributed by atoms with E-state index in [0.29, 0.717) is 24.7 Å². The summed E-state index contributed by atoms with van der Waals surface area (Å²) in [6.45, 7) is 8.20. The average Bonchev–Trinajstić information content (AvgIpc) is 2.59. The first kappa shape index (κ1) is 20.6. The molecule has 4 nitrogen and oxygen atoms in total. The zero-order valence-corrected chi connectivity index (χ0v) is 16.3. The fourth-order valence-corrected chi connectivity index (χ4v) is 4.14. The lowest BCUT2D eigenvalue weighted by molar-refractivity contribution is -0.163. The molecule has 0 radical (unpaired) electrons. The molecule has 0 aromatic heterocycles. The molecular formula is C21H36O4. The molecular weight excluding hydrogens is 316 g/mol. The lowest BCUT2D eigenvalue weighted by atomic mass is 9.67. The van der Waals surface area contributed by atoms with Gasteiger partial charge in [-0.05, 0) is 62.7 Å². The van der Waals surface area contributed by atoms with Gasteiger partial charge in [-0.2, -0.15) is 0 Å². The third-order valence-electron chi connectivity index (χ3n) is 5.93. The van der Waals surface area contributed by atoms with Crippen molar-refractivity contribution in [3.8, 4) is 0 Å². The fraction of sp³-hybridized carbons (Fsp3) is 0.905. The minimum absolute atomic E-state index is 0.0245. The number of hydrogen-bond donors (Lipinski definition) is 0. The molecule has 0 spiro atoms. The molecule has 144 valence electrons. The summed E-state index contributed by atoms with van der Waals surface area (Å²) in [6, 6.07) is 0. The zero-order chi connectivity index (χ0) is 18.3. The lowest BCUT2D eigenvalue weighted by Crippen LogP contribution is -2.33. The van der Waals surface area contributed by atoms with Crippen LogP contribution in [-0.4, -0.2) is 31.6 Å². The number of hydrogen-bond acceptors (Lipinski definition) is 4. The van der Waals surface area contributed by atoms with Crippen LogP contribution in [0.15, 0.2) is 0 Å². The fourth-order valence-electron chi connectivity index (χ4n) is 4.14. The molecule has 4 atom stereocenters. The maximum absolute atomic E-state index is 12.3. The third-order valence-corrected chi connectivity index (χ3v) is 5.93. The van der Waals surface area contributed by atoms with Crippen molar-refractivity contribution >= 4 is 12.1 Å². The minimum atomic E-state index is -0.0594. The standard InChI is InChI=1S/C21H36O4/c1-21(2,3)18-9-10-19(23)17(14-18)13-16(15-22)7-6-12-25-20-8-4-5-11-24-20/h15-18,20H,4-14H2,1-3H3. The van der Waals surface area contributed by atoms with Crippen LogP contribution in [0.4, 0.5) is 0 Å². The maximum Gasteiger partial charge on any atom is 0.157 e. The lowest BCUT2D eigenvalue weighted by Gasteiger charge is -2.37. The second-order valence-corrected chi connectivity index (χ2v) is 8.94. The van der Waals surface area contributed by atoms with E-state index >= 15 is 0 Å². The van der Waals surface area contributed by atoms with Crippen molar-refractivity contribution < 1.29 is 19.1 Å². The van der Waals surface area contributed by atoms with Gasteiger partial charge in [0.1, 0.15) is 12.1 Å². The Morgan fingerprint density at radius 2 is 2.08 bits per heavy atom. The van der Waals surface area contributed by atoms with Crippen molar-refractivity contribution in [2.24, 2.45) is 23.2 Å². The molecule has 4 unspecified atom stereocenters. The Hall–Kier alpha value is -0.740. The van der Waals surface area contributed by atoms with Crippen molar-refractivity contribution in [2.75, 3.05) is 13.2 Å². The summed E-state index contributed by atoms with van der Waals surface area (Å²) in [7, 11) is 0. The van der Waals surface area contributed by atoms with Crippen LogP contribution < -0.4 is 0 Å². The summed E-state index contributed by atoms with van der Waals surface area (Å²) in [5.74, 6) is 0.979. The van der Waals surface area contributed by atoms with Crippen molar-refractivity contribution in [2.45, 2.75) is 84.8 Å². The Morgan fingerprint density at radius 3 is 2.72 bits per heavy atom. The highest BCUT2D eigenvalue weighted by atomic mass is 16.7. The highest BCUT2D eigenvalue weighted by Gasteiger charge is 2.35. The van der Waals surface area contributed by atoms with Crippen LogP contribution >= 0.6 is 0 Å². The number of carbonyl (C=O) groups is 2. The largest absolute Gasteiger partial charge is 0.353 e. The number of rotatable bonds is 8. The van der Waals surface area contributed by atoms with Gasteiger partial charge in [0.15, 0.2) is 6.29 Å². The molecule has 1 heterocycles. The summed E-state index contributed by atoms with van der Waals surface area (Å²) in [5.41, 5.74) is 0.240. The predicted octanol–water partition coefficient (Wildman–Crippen LogP) is 4.55. The molecule has 0 N–H and O–H groups in total. The summed E-state index contributed by atoms with van der Waals surface area (Å²) in [4.78, 5) is 23.8. The van der Waals surface area contributed by atoms with E-state index in [1.807, 2.05) is 0 Å². The first-order valence-corrected chi connectivity index (χ1v) is 10.1. The Bertz CT molecular complexity index is 420. The number of ketones is 1. The molecule has 25 heavy (non-hydrogen) atoms. The van der Waals surface area contributed by atoms with Gasteiger partial charge >= 0.3 is 0 Å². The molecule has 1 saturated heterocycles. The van der Waals surface area contributed by atoms with Gasteiger partial charge in [0, 0.05) is 31.5 Å². The van der Waals surface area contributed by atoms with Crippen LogP contribution in [0.2, 0.25) is 0 Å². The number of Topliss-reactive ketones (excluding diaryl/α,β-unsaturated/α-hetero) is 1. The van der Waals surface area contributed by atoms with Crippen LogP contribution in [0.3, 0.4) is 0 Å². The summed E-state index contributed by atoms with van der Waals surface area (Å²) in [6.07, 6.45) is 9.25. The molecule has 1 aliphatic heterocycles. The summed E-state index contributed by atoms with van der Waals surface area (Å²) >= 11 is 0. The Morgan fingerprint density at radius 1 is 1.28 bits per heavy atom. The minimum Gasteiger partial charge on any atom is -0.353 e. The van der Waals surface area contributed by atoms with Gasteiger partial charge in [0.25, 0.3) is 0 Å². The molecule has 2 rings (SSSR count). The molecule has 0 aromatic rings. The normalized spacial score (nSPS) is 29.4. The number of aldehydes is 1. The highest BCUT2D eigenvalue weighted by Crippen LogP contribution is 2.40. The van der Waals surface area contributed by atoms with Crippen molar-refractivity contribution in [3.63, 3.8) is 0 Å². The SMILES string of the molecule is CC(C)(C)C1CCC(=O)C(CC(C=O)CCCOC2CCCCO2)C1. The van der Waals surface area contributed by atoms with Crippen LogP contribution in [-0.2, 0) is 19.1 Å². The van der Waals surface area contributed by atoms with Crippen LogP contribution in [0, 0.1) is 23.2 Å². The van der Waals surface area contributed by atoms with Crippen LogP contribution in [0.25, 0.3) is 0 Å². The highest BCUT2D eigenvalue weighted by molar-refractivity contribution is 5.82. The molecule has 0 amide bonds. The van der Waals surface area contributed by atoms with E-state index in [-0.39, 0.29) is 23.5 Å². The van der Waals surface area contributed by atoms with Gasteiger partial charge in [0.2, 0.25) is 0 Å². The van der Waals surface area contributed by atoms with E-state index in [0.717, 1.165) is 57.8 Å². The van der Waals surface area contributed by atoms with Gasteiger partial charge in [-0.25, -0.2) is 0 Å². The van der Waals surface area contributed by atoms with Crippen molar-refractivity contribution in [1.82, 2.24) is 0 Å². The third kappa shape index (κ3) is 6.82. The molecule has 0 bridgehead atoms. The molecule has 1 aliphatic carbocycles. The monoisotopic (exact) mass is 352 g/mol. The topological polar surface area (TPSA) is 52.6 Å². The average molecular weight is 353 g/mol. The van der Waals surface area contributed by atoms with Gasteiger partial charge in [0.05, 0.1) is 0 Å². The quantitative estimate of drug-likeness (QED) is 0.475. The van der Waals surface area contributed by atoms with Gasteiger partial charge < -0.3 is 14.3 Å². The Labute approximate surface area is 153 Å². The first-order valence-electron chi connectivity index (χ1n) is 10.1. The van der Waals surface area contributed by atoms with E-state index in [1.165, 1.54) is 6.42 Å². The number of ether oxygens (including phenoxy) is 2. The second-order valence-electron chi connectivity index (χ2n) is 8.94. The van der Waals surface area contributed by atoms with Crippen LogP contribution in [0.1, 0.15) is 78.6 Å². The van der Waals surface area contributed by atoms with Gasteiger partial charge in [-0.15, -0.1) is 0 Å². The molecule has 4 heteroatoms. The van der Waals surface area contributed by atoms with Gasteiger partial charge in [-0.1, -0.05) is 20.8 Å². The molecule has 1 saturated carbocycles. The van der Waals surface area contributed by atoms with E-state index < -0.39 is 0 Å². The molecule has 0 aromatic carbocycles. The van der Waals surface area contributed by atoms with E-state index in [9.17, 15) is 9.59 Å². The maximum atomic E-state index is 12.3. The number of carbonyl (C=O) groups excluding carboxylic acids is 2. The van der Waals surface area contributed by atoms with E-state index in [1.54, 1.807) is 0 Å². The smallest absolute Gasteiger partial charge is 0.157 e. The van der Waals surface area contributed by atoms with Crippen LogP contribution in [0.5, 0.6) is 0 Å². The zero-order valence-electron chi connectivity index (χ0n) is 16.3. The van der Waals surface area contributed by atoms with E-state index in [2.05, 4.69) is 20.8 Å². The summed E-state index contributed by atoms with van der Waals surface area (Å²) < 4.78 is 11.3. The second kappa shape index (κ2) is 9.82. The van der Waals surface area contributed by atoms with Crippen molar-refractivity contribution in [3.05, 3.63) is 0 Å². The van der Waals surface area contributed by atoms with Crippen molar-refractivity contribution in [1.29, 1.82) is 0 Å². The predicted molar refractivity (Wildman–Crippen MR) is 98.2 cm³/mol. The Balaban J connectivity index is 1.72. The van der Waals surface area contributed by atoms with Gasteiger partial charge in [-0.3, -0.25) is 4.79 Å². The first-order chi connectivity index (χ1) is 11.9. The molecule has 2 aliphatic rings.